The Morgan fingerprint density at radius 1 is 1.25 bits per heavy atom. The smallest absolute Gasteiger partial charge is 0.333 e. The lowest BCUT2D eigenvalue weighted by molar-refractivity contribution is -0.139. The molecule has 0 fully saturated rings. The van der Waals surface area contributed by atoms with Crippen molar-refractivity contribution < 1.29 is 14.3 Å². The Labute approximate surface area is 153 Å². The largest absolute Gasteiger partial charge is 0.463 e. The Balaban J connectivity index is 0. The Kier molecular flexibility index (Phi) is 12.0. The predicted molar refractivity (Wildman–Crippen MR) is 101 cm³/mol. The van der Waals surface area contributed by atoms with Crippen molar-refractivity contribution in [2.45, 2.75) is 72.9 Å². The number of carbonyl (C=O) groups excluding carboxylic acids is 2. The standard InChI is InChI=1S/C18H34N2O3.ClH/c1-8-10-11-14(12-13(3)17(22)23-9-2)20(7)16(21)15(19)18(4,5)6;/h12,14-15H,8-11,19H2,1-7H3;1H/b13-12+;/t14-,15+;/m0./s1. The van der Waals surface area contributed by atoms with Crippen LogP contribution >= 0.6 is 12.4 Å². The SMILES string of the molecule is CCCC[C@@H](/C=C(\C)C(=O)OCC)N(C)C(=O)[C@@H](N)C(C)(C)C.Cl. The summed E-state index contributed by atoms with van der Waals surface area (Å²) in [6.45, 7) is 11.8. The van der Waals surface area contributed by atoms with Crippen LogP contribution in [0.5, 0.6) is 0 Å². The molecule has 0 radical (unpaired) electrons. The highest BCUT2D eigenvalue weighted by molar-refractivity contribution is 5.88. The average Bonchev–Trinajstić information content (AvgIpc) is 2.48. The third-order valence-corrected chi connectivity index (χ3v) is 3.94. The van der Waals surface area contributed by atoms with E-state index in [9.17, 15) is 9.59 Å². The number of likely N-dealkylation sites (N-methyl/N-ethyl adjacent to an activating group) is 1. The molecule has 142 valence electrons. The molecule has 1 amide bonds. The molecule has 0 saturated carbocycles. The Morgan fingerprint density at radius 3 is 2.21 bits per heavy atom. The minimum absolute atomic E-state index is 0. The molecule has 0 aromatic rings. The van der Waals surface area contributed by atoms with Crippen LogP contribution in [0.4, 0.5) is 0 Å². The molecule has 0 heterocycles. The molecule has 0 rings (SSSR count). The average molecular weight is 363 g/mol. The molecule has 0 bridgehead atoms. The lowest BCUT2D eigenvalue weighted by atomic mass is 9.86. The van der Waals surface area contributed by atoms with Gasteiger partial charge in [-0.25, -0.2) is 4.79 Å². The molecule has 0 unspecified atom stereocenters. The maximum Gasteiger partial charge on any atom is 0.333 e. The predicted octanol–water partition coefficient (Wildman–Crippen LogP) is 3.31. The van der Waals surface area contributed by atoms with Gasteiger partial charge in [0.25, 0.3) is 0 Å². The molecule has 0 aliphatic rings. The van der Waals surface area contributed by atoms with E-state index >= 15 is 0 Å². The van der Waals surface area contributed by atoms with Crippen LogP contribution in [-0.2, 0) is 14.3 Å². The van der Waals surface area contributed by atoms with Gasteiger partial charge in [-0.05, 0) is 25.7 Å². The van der Waals surface area contributed by atoms with Crippen LogP contribution in [0.2, 0.25) is 0 Å². The fraction of sp³-hybridized carbons (Fsp3) is 0.778. The molecule has 6 heteroatoms. The molecule has 5 nitrogen and oxygen atoms in total. The van der Waals surface area contributed by atoms with E-state index in [2.05, 4.69) is 6.92 Å². The summed E-state index contributed by atoms with van der Waals surface area (Å²) in [5.74, 6) is -0.443. The lowest BCUT2D eigenvalue weighted by Crippen LogP contribution is -2.51. The Bertz CT molecular complexity index is 430. The van der Waals surface area contributed by atoms with Gasteiger partial charge in [0, 0.05) is 12.6 Å². The molecule has 0 saturated heterocycles. The summed E-state index contributed by atoms with van der Waals surface area (Å²) in [6.07, 6.45) is 4.61. The van der Waals surface area contributed by atoms with Gasteiger partial charge in [0.1, 0.15) is 0 Å². The minimum Gasteiger partial charge on any atom is -0.463 e. The first-order valence-electron chi connectivity index (χ1n) is 8.44. The second-order valence-corrected chi connectivity index (χ2v) is 7.07. The number of nitrogens with zero attached hydrogens (tertiary/aromatic N) is 1. The molecular formula is C18H35ClN2O3. The van der Waals surface area contributed by atoms with E-state index in [1.165, 1.54) is 0 Å². The first-order chi connectivity index (χ1) is 10.6. The van der Waals surface area contributed by atoms with Gasteiger partial charge in [-0.3, -0.25) is 4.79 Å². The fourth-order valence-electron chi connectivity index (χ4n) is 2.16. The normalized spacial score (nSPS) is 14.4. The van der Waals surface area contributed by atoms with E-state index in [4.69, 9.17) is 10.5 Å². The number of unbranched alkanes of at least 4 members (excludes halogenated alkanes) is 1. The number of nitrogens with two attached hydrogens (primary N) is 1. The zero-order valence-corrected chi connectivity index (χ0v) is 17.0. The topological polar surface area (TPSA) is 72.6 Å². The van der Waals surface area contributed by atoms with E-state index in [0.717, 1.165) is 19.3 Å². The van der Waals surface area contributed by atoms with E-state index in [-0.39, 0.29) is 35.7 Å². The molecule has 0 aromatic carbocycles. The number of amides is 1. The third-order valence-electron chi connectivity index (χ3n) is 3.94. The van der Waals surface area contributed by atoms with Crippen molar-refractivity contribution in [2.75, 3.05) is 13.7 Å². The summed E-state index contributed by atoms with van der Waals surface area (Å²) in [7, 11) is 1.75. The van der Waals surface area contributed by atoms with Crippen LogP contribution in [0.25, 0.3) is 0 Å². The molecule has 2 N–H and O–H groups in total. The van der Waals surface area contributed by atoms with Crippen LogP contribution in [0.1, 0.15) is 60.8 Å². The number of esters is 1. The summed E-state index contributed by atoms with van der Waals surface area (Å²) in [6, 6.07) is -0.729. The first kappa shape index (κ1) is 25.2. The molecule has 0 spiro atoms. The van der Waals surface area contributed by atoms with E-state index in [0.29, 0.717) is 12.2 Å². The van der Waals surface area contributed by atoms with Crippen LogP contribution in [0, 0.1) is 5.41 Å². The van der Waals surface area contributed by atoms with Crippen molar-refractivity contribution in [3.63, 3.8) is 0 Å². The van der Waals surface area contributed by atoms with E-state index in [1.807, 2.05) is 26.8 Å². The van der Waals surface area contributed by atoms with Crippen molar-refractivity contribution in [3.8, 4) is 0 Å². The summed E-state index contributed by atoms with van der Waals surface area (Å²) in [5.41, 5.74) is 6.32. The van der Waals surface area contributed by atoms with E-state index in [1.54, 1.807) is 25.8 Å². The van der Waals surface area contributed by atoms with Gasteiger partial charge < -0.3 is 15.4 Å². The number of hydrogen-bond acceptors (Lipinski definition) is 4. The quantitative estimate of drug-likeness (QED) is 0.531. The molecule has 0 aliphatic heterocycles. The monoisotopic (exact) mass is 362 g/mol. The highest BCUT2D eigenvalue weighted by atomic mass is 35.5. The van der Waals surface area contributed by atoms with Gasteiger partial charge in [-0.15, -0.1) is 12.4 Å². The summed E-state index contributed by atoms with van der Waals surface area (Å²) in [4.78, 5) is 26.1. The molecule has 0 aliphatic carbocycles. The first-order valence-corrected chi connectivity index (χ1v) is 8.44. The van der Waals surface area contributed by atoms with Gasteiger partial charge in [0.05, 0.1) is 18.7 Å². The van der Waals surface area contributed by atoms with Crippen LogP contribution in [0.15, 0.2) is 11.6 Å². The van der Waals surface area contributed by atoms with Gasteiger partial charge in [-0.1, -0.05) is 46.6 Å². The van der Waals surface area contributed by atoms with Crippen molar-refractivity contribution in [1.29, 1.82) is 0 Å². The van der Waals surface area contributed by atoms with Gasteiger partial charge in [0.15, 0.2) is 0 Å². The van der Waals surface area contributed by atoms with Gasteiger partial charge in [-0.2, -0.15) is 0 Å². The number of ether oxygens (including phenoxy) is 1. The van der Waals surface area contributed by atoms with Crippen molar-refractivity contribution in [1.82, 2.24) is 4.90 Å². The van der Waals surface area contributed by atoms with Gasteiger partial charge in [0.2, 0.25) is 5.91 Å². The van der Waals surface area contributed by atoms with Crippen LogP contribution < -0.4 is 5.73 Å². The molecular weight excluding hydrogens is 328 g/mol. The van der Waals surface area contributed by atoms with E-state index < -0.39 is 6.04 Å². The Hall–Kier alpha value is -1.07. The summed E-state index contributed by atoms with van der Waals surface area (Å²) in [5, 5.41) is 0. The van der Waals surface area contributed by atoms with Crippen LogP contribution in [-0.4, -0.2) is 42.5 Å². The summed E-state index contributed by atoms with van der Waals surface area (Å²) >= 11 is 0. The maximum absolute atomic E-state index is 12.6. The molecule has 2 atom stereocenters. The lowest BCUT2D eigenvalue weighted by Gasteiger charge is -2.33. The zero-order valence-electron chi connectivity index (χ0n) is 16.2. The van der Waals surface area contributed by atoms with Crippen LogP contribution in [0.3, 0.4) is 0 Å². The molecule has 24 heavy (non-hydrogen) atoms. The summed E-state index contributed by atoms with van der Waals surface area (Å²) < 4.78 is 5.02. The number of halogens is 1. The second-order valence-electron chi connectivity index (χ2n) is 7.07. The van der Waals surface area contributed by atoms with Crippen molar-refractivity contribution >= 4 is 24.3 Å². The minimum atomic E-state index is -0.576. The fourth-order valence-corrected chi connectivity index (χ4v) is 2.16. The number of rotatable bonds is 8. The van der Waals surface area contributed by atoms with Gasteiger partial charge >= 0.3 is 5.97 Å². The highest BCUT2D eigenvalue weighted by Gasteiger charge is 2.32. The van der Waals surface area contributed by atoms with Crippen molar-refractivity contribution in [3.05, 3.63) is 11.6 Å². The number of hydrogen-bond donors (Lipinski definition) is 1. The maximum atomic E-state index is 12.6. The second kappa shape index (κ2) is 11.5. The number of carbonyl (C=O) groups is 2. The highest BCUT2D eigenvalue weighted by Crippen LogP contribution is 2.21. The third kappa shape index (κ3) is 8.15. The molecule has 0 aromatic heterocycles. The zero-order chi connectivity index (χ0) is 18.2. The Morgan fingerprint density at radius 2 is 1.79 bits per heavy atom. The van der Waals surface area contributed by atoms with Crippen molar-refractivity contribution in [2.24, 2.45) is 11.1 Å².